The van der Waals surface area contributed by atoms with E-state index in [9.17, 15) is 18.0 Å². The van der Waals surface area contributed by atoms with Crippen LogP contribution in [0.4, 0.5) is 13.2 Å². The van der Waals surface area contributed by atoms with Gasteiger partial charge < -0.3 is 10.1 Å². The summed E-state index contributed by atoms with van der Waals surface area (Å²) in [7, 11) is 0. The molecule has 0 spiro atoms. The molecule has 0 aliphatic heterocycles. The van der Waals surface area contributed by atoms with Gasteiger partial charge in [0.2, 0.25) is 5.91 Å². The predicted octanol–water partition coefficient (Wildman–Crippen LogP) is 4.33. The molecule has 0 atom stereocenters. The van der Waals surface area contributed by atoms with E-state index in [0.29, 0.717) is 13.0 Å². The molecule has 3 nitrogen and oxygen atoms in total. The summed E-state index contributed by atoms with van der Waals surface area (Å²) in [4.78, 5) is 13.0. The third kappa shape index (κ3) is 7.04. The minimum absolute atomic E-state index is 0.0380. The zero-order valence-electron chi connectivity index (χ0n) is 12.9. The number of carbonyl (C=O) groups is 1. The Kier molecular flexibility index (Phi) is 6.66. The third-order valence-corrected chi connectivity index (χ3v) is 4.16. The van der Waals surface area contributed by atoms with E-state index in [1.165, 1.54) is 17.0 Å². The lowest BCUT2D eigenvalue weighted by Crippen LogP contribution is -2.22. The van der Waals surface area contributed by atoms with Gasteiger partial charge in [0, 0.05) is 17.8 Å². The van der Waals surface area contributed by atoms with Gasteiger partial charge >= 0.3 is 6.18 Å². The summed E-state index contributed by atoms with van der Waals surface area (Å²) >= 11 is 1.68. The van der Waals surface area contributed by atoms with Crippen LogP contribution in [0.1, 0.15) is 23.3 Å². The van der Waals surface area contributed by atoms with Crippen LogP contribution in [0.3, 0.4) is 0 Å². The highest BCUT2D eigenvalue weighted by Crippen LogP contribution is 2.19. The maximum Gasteiger partial charge on any atom is 0.422 e. The average Bonchev–Trinajstić information content (AvgIpc) is 3.04. The molecule has 0 bridgehead atoms. The number of hydrogen-bond donors (Lipinski definition) is 1. The number of amides is 1. The van der Waals surface area contributed by atoms with Crippen LogP contribution in [-0.2, 0) is 17.8 Å². The fraction of sp³-hybridized carbons (Fsp3) is 0.353. The number of thiophene rings is 1. The van der Waals surface area contributed by atoms with E-state index in [0.717, 1.165) is 18.4 Å². The molecule has 1 heterocycles. The van der Waals surface area contributed by atoms with E-state index in [-0.39, 0.29) is 11.7 Å². The van der Waals surface area contributed by atoms with Gasteiger partial charge in [-0.2, -0.15) is 13.2 Å². The van der Waals surface area contributed by atoms with Crippen LogP contribution in [-0.4, -0.2) is 18.7 Å². The fourth-order valence-corrected chi connectivity index (χ4v) is 2.79. The molecule has 1 aromatic heterocycles. The molecule has 0 saturated heterocycles. The Labute approximate surface area is 142 Å². The molecule has 130 valence electrons. The summed E-state index contributed by atoms with van der Waals surface area (Å²) in [5.41, 5.74) is 0.806. The standard InChI is InChI=1S/C17H18F3NO2S/c18-17(19,20)12-23-14-8-6-13(7-9-14)11-21-16(22)5-1-3-15-4-2-10-24-15/h2,4,6-10H,1,3,5,11-12H2,(H,21,22). The molecule has 0 aliphatic rings. The van der Waals surface area contributed by atoms with E-state index in [4.69, 9.17) is 0 Å². The van der Waals surface area contributed by atoms with Crippen molar-refractivity contribution < 1.29 is 22.7 Å². The molecule has 1 amide bonds. The smallest absolute Gasteiger partial charge is 0.422 e. The number of nitrogens with one attached hydrogen (secondary N) is 1. The number of benzene rings is 1. The highest BCUT2D eigenvalue weighted by Gasteiger charge is 2.28. The van der Waals surface area contributed by atoms with Crippen molar-refractivity contribution in [1.29, 1.82) is 0 Å². The van der Waals surface area contributed by atoms with Crippen LogP contribution in [0.25, 0.3) is 0 Å². The molecule has 1 N–H and O–H groups in total. The second-order valence-corrected chi connectivity index (χ2v) is 6.29. The van der Waals surface area contributed by atoms with Crippen LogP contribution in [0.15, 0.2) is 41.8 Å². The van der Waals surface area contributed by atoms with E-state index in [1.54, 1.807) is 23.5 Å². The zero-order valence-corrected chi connectivity index (χ0v) is 13.8. The topological polar surface area (TPSA) is 38.3 Å². The molecule has 0 unspecified atom stereocenters. The highest BCUT2D eigenvalue weighted by atomic mass is 32.1. The van der Waals surface area contributed by atoms with Gasteiger partial charge in [-0.25, -0.2) is 0 Å². The molecular weight excluding hydrogens is 339 g/mol. The van der Waals surface area contributed by atoms with Gasteiger partial charge in [0.1, 0.15) is 5.75 Å². The Hall–Kier alpha value is -2.02. The highest BCUT2D eigenvalue weighted by molar-refractivity contribution is 7.09. The van der Waals surface area contributed by atoms with Crippen molar-refractivity contribution in [3.63, 3.8) is 0 Å². The summed E-state index contributed by atoms with van der Waals surface area (Å²) in [6, 6.07) is 10.2. The first-order chi connectivity index (χ1) is 11.4. The minimum atomic E-state index is -4.35. The van der Waals surface area contributed by atoms with Gasteiger partial charge in [-0.3, -0.25) is 4.79 Å². The average molecular weight is 357 g/mol. The van der Waals surface area contributed by atoms with Gasteiger partial charge in [-0.05, 0) is 42.0 Å². The monoisotopic (exact) mass is 357 g/mol. The van der Waals surface area contributed by atoms with Crippen molar-refractivity contribution in [1.82, 2.24) is 5.32 Å². The van der Waals surface area contributed by atoms with Crippen LogP contribution in [0, 0.1) is 0 Å². The van der Waals surface area contributed by atoms with Crippen LogP contribution in [0.2, 0.25) is 0 Å². The van der Waals surface area contributed by atoms with Crippen molar-refractivity contribution in [2.24, 2.45) is 0 Å². The van der Waals surface area contributed by atoms with Gasteiger partial charge in [-0.15, -0.1) is 11.3 Å². The second-order valence-electron chi connectivity index (χ2n) is 5.26. The summed E-state index contributed by atoms with van der Waals surface area (Å²) in [6.07, 6.45) is -2.23. The molecule has 1 aromatic carbocycles. The molecule has 0 aliphatic carbocycles. The van der Waals surface area contributed by atoms with Crippen molar-refractivity contribution in [3.05, 3.63) is 52.2 Å². The summed E-state index contributed by atoms with van der Waals surface area (Å²) in [5, 5.41) is 4.81. The lowest BCUT2D eigenvalue weighted by Gasteiger charge is -2.10. The Morgan fingerprint density at radius 3 is 2.54 bits per heavy atom. The third-order valence-electron chi connectivity index (χ3n) is 3.22. The molecule has 0 saturated carbocycles. The zero-order chi connectivity index (χ0) is 17.4. The van der Waals surface area contributed by atoms with Gasteiger partial charge in [0.15, 0.2) is 6.61 Å². The number of carbonyl (C=O) groups excluding carboxylic acids is 1. The van der Waals surface area contributed by atoms with Crippen LogP contribution < -0.4 is 10.1 Å². The molecule has 24 heavy (non-hydrogen) atoms. The quantitative estimate of drug-likeness (QED) is 0.764. The molecule has 0 fully saturated rings. The van der Waals surface area contributed by atoms with Crippen molar-refractivity contribution in [2.45, 2.75) is 32.0 Å². The van der Waals surface area contributed by atoms with Crippen molar-refractivity contribution in [2.75, 3.05) is 6.61 Å². The second kappa shape index (κ2) is 8.73. The SMILES string of the molecule is O=C(CCCc1cccs1)NCc1ccc(OCC(F)(F)F)cc1. The number of aryl methyl sites for hydroxylation is 1. The number of hydrogen-bond acceptors (Lipinski definition) is 3. The summed E-state index contributed by atoms with van der Waals surface area (Å²) < 4.78 is 40.8. The van der Waals surface area contributed by atoms with Gasteiger partial charge in [0.25, 0.3) is 0 Å². The Morgan fingerprint density at radius 1 is 1.17 bits per heavy atom. The van der Waals surface area contributed by atoms with Gasteiger partial charge in [-0.1, -0.05) is 18.2 Å². The van der Waals surface area contributed by atoms with Crippen molar-refractivity contribution >= 4 is 17.2 Å². The van der Waals surface area contributed by atoms with Crippen LogP contribution in [0.5, 0.6) is 5.75 Å². The van der Waals surface area contributed by atoms with E-state index in [2.05, 4.69) is 10.1 Å². The predicted molar refractivity (Wildman–Crippen MR) is 87.1 cm³/mol. The lowest BCUT2D eigenvalue weighted by atomic mass is 10.2. The summed E-state index contributed by atoms with van der Waals surface area (Å²) in [6.45, 7) is -0.968. The molecule has 2 rings (SSSR count). The number of halogens is 3. The fourth-order valence-electron chi connectivity index (χ4n) is 2.04. The molecule has 2 aromatic rings. The molecular formula is C17H18F3NO2S. The number of alkyl halides is 3. The maximum atomic E-state index is 12.0. The molecule has 0 radical (unpaired) electrons. The largest absolute Gasteiger partial charge is 0.484 e. The Balaban J connectivity index is 1.66. The molecule has 7 heteroatoms. The van der Waals surface area contributed by atoms with E-state index >= 15 is 0 Å². The first kappa shape index (κ1) is 18.3. The van der Waals surface area contributed by atoms with E-state index in [1.807, 2.05) is 17.5 Å². The Bertz CT molecular complexity index is 624. The lowest BCUT2D eigenvalue weighted by molar-refractivity contribution is -0.153. The number of ether oxygens (including phenoxy) is 1. The number of rotatable bonds is 8. The van der Waals surface area contributed by atoms with E-state index < -0.39 is 12.8 Å². The minimum Gasteiger partial charge on any atom is -0.484 e. The Morgan fingerprint density at radius 2 is 1.92 bits per heavy atom. The van der Waals surface area contributed by atoms with Crippen molar-refractivity contribution in [3.8, 4) is 5.75 Å². The maximum absolute atomic E-state index is 12.0. The summed E-state index contributed by atoms with van der Waals surface area (Å²) in [5.74, 6) is 0.113. The first-order valence-corrected chi connectivity index (χ1v) is 8.38. The van der Waals surface area contributed by atoms with Gasteiger partial charge in [0.05, 0.1) is 0 Å². The normalized spacial score (nSPS) is 11.3. The first-order valence-electron chi connectivity index (χ1n) is 7.50. The van der Waals surface area contributed by atoms with Crippen LogP contribution >= 0.6 is 11.3 Å².